The van der Waals surface area contributed by atoms with Gasteiger partial charge in [-0.2, -0.15) is 10.2 Å². The molecule has 0 N–H and O–H groups in total. The van der Waals surface area contributed by atoms with Gasteiger partial charge in [-0.3, -0.25) is 0 Å². The van der Waals surface area contributed by atoms with Gasteiger partial charge in [-0.05, 0) is 61.1 Å². The Bertz CT molecular complexity index is 391. The second-order valence-electron chi connectivity index (χ2n) is 4.86. The average molecular weight is 215 g/mol. The van der Waals surface area contributed by atoms with Crippen LogP contribution >= 0.6 is 0 Å². The van der Waals surface area contributed by atoms with Crippen molar-refractivity contribution in [2.75, 3.05) is 0 Å². The van der Waals surface area contributed by atoms with Crippen LogP contribution in [0.5, 0.6) is 0 Å². The van der Waals surface area contributed by atoms with E-state index in [4.69, 9.17) is 0 Å². The Hall–Kier alpha value is -0.703. The highest BCUT2D eigenvalue weighted by Gasteiger charge is 2.45. The Balaban J connectivity index is 1.91. The molecule has 15 heavy (non-hydrogen) atoms. The highest BCUT2D eigenvalue weighted by Crippen LogP contribution is 2.55. The molecule has 1 heterocycles. The lowest BCUT2D eigenvalue weighted by Gasteiger charge is -2.13. The van der Waals surface area contributed by atoms with E-state index < -0.39 is 0 Å². The van der Waals surface area contributed by atoms with Gasteiger partial charge in [0, 0.05) is 10.2 Å². The summed E-state index contributed by atoms with van der Waals surface area (Å²) in [5.74, 6) is 1.84. The van der Waals surface area contributed by atoms with Crippen molar-refractivity contribution in [1.29, 1.82) is 0 Å². The van der Waals surface area contributed by atoms with Crippen LogP contribution in [0.3, 0.4) is 0 Å². The van der Waals surface area contributed by atoms with Crippen molar-refractivity contribution in [1.82, 2.24) is 10.2 Å². The molecule has 0 amide bonds. The third-order valence-corrected chi connectivity index (χ3v) is 4.91. The van der Waals surface area contributed by atoms with Crippen LogP contribution in [-0.4, -0.2) is 20.4 Å². The monoisotopic (exact) mass is 215 g/mol. The Labute approximate surface area is 93.9 Å². The van der Waals surface area contributed by atoms with Gasteiger partial charge in [0.1, 0.15) is 0 Å². The SMILES string of the molecule is Cc1nncc2c1CCC1C([Si])C1CC2. The molecule has 1 aromatic heterocycles. The molecule has 3 rings (SSSR count). The summed E-state index contributed by atoms with van der Waals surface area (Å²) < 4.78 is 0. The Kier molecular flexibility index (Phi) is 2.16. The summed E-state index contributed by atoms with van der Waals surface area (Å²) in [6, 6.07) is 0. The quantitative estimate of drug-likeness (QED) is 0.617. The molecule has 3 radical (unpaired) electrons. The largest absolute Gasteiger partial charge is 0.159 e. The Morgan fingerprint density at radius 1 is 1.27 bits per heavy atom. The maximum atomic E-state index is 4.16. The molecule has 1 aromatic rings. The highest BCUT2D eigenvalue weighted by atomic mass is 28.1. The average Bonchev–Trinajstić information content (AvgIpc) is 2.78. The molecule has 1 saturated carbocycles. The standard InChI is InChI=1S/C12H15N2Si/c1-7-9-4-5-11-10(12(11)15)3-2-8(9)6-13-14-7/h6,10-12H,2-5H2,1H3. The van der Waals surface area contributed by atoms with Crippen molar-refractivity contribution >= 4 is 10.2 Å². The summed E-state index contributed by atoms with van der Waals surface area (Å²) in [6.07, 6.45) is 6.98. The topological polar surface area (TPSA) is 25.8 Å². The lowest BCUT2D eigenvalue weighted by Crippen LogP contribution is -2.06. The minimum atomic E-state index is 0.778. The normalized spacial score (nSPS) is 33.6. The first-order chi connectivity index (χ1) is 7.27. The van der Waals surface area contributed by atoms with Crippen LogP contribution in [0.2, 0.25) is 5.54 Å². The number of hydrogen-bond acceptors (Lipinski definition) is 2. The fraction of sp³-hybridized carbons (Fsp3) is 0.667. The van der Waals surface area contributed by atoms with Gasteiger partial charge in [-0.15, -0.1) is 0 Å². The summed E-state index contributed by atoms with van der Waals surface area (Å²) in [4.78, 5) is 0. The number of nitrogens with zero attached hydrogens (tertiary/aromatic N) is 2. The molecular formula is C12H15N2Si. The number of hydrogen-bond donors (Lipinski definition) is 0. The van der Waals surface area contributed by atoms with Gasteiger partial charge >= 0.3 is 0 Å². The van der Waals surface area contributed by atoms with Gasteiger partial charge in [-0.25, -0.2) is 0 Å². The zero-order chi connectivity index (χ0) is 10.4. The number of aromatic nitrogens is 2. The number of aryl methyl sites for hydroxylation is 2. The molecule has 77 valence electrons. The first-order valence-corrected chi connectivity index (χ1v) is 6.36. The van der Waals surface area contributed by atoms with E-state index >= 15 is 0 Å². The van der Waals surface area contributed by atoms with Crippen molar-refractivity contribution in [3.05, 3.63) is 23.0 Å². The molecular weight excluding hydrogens is 200 g/mol. The summed E-state index contributed by atoms with van der Waals surface area (Å²) in [6.45, 7) is 2.09. The van der Waals surface area contributed by atoms with Crippen LogP contribution in [0, 0.1) is 18.8 Å². The van der Waals surface area contributed by atoms with Crippen molar-refractivity contribution in [3.63, 3.8) is 0 Å². The Morgan fingerprint density at radius 2 is 2.00 bits per heavy atom. The van der Waals surface area contributed by atoms with Crippen molar-refractivity contribution in [2.24, 2.45) is 11.8 Å². The zero-order valence-electron chi connectivity index (χ0n) is 9.03. The summed E-state index contributed by atoms with van der Waals surface area (Å²) in [5.41, 5.74) is 4.82. The molecule has 2 nitrogen and oxygen atoms in total. The predicted molar refractivity (Wildman–Crippen MR) is 59.9 cm³/mol. The van der Waals surface area contributed by atoms with E-state index in [1.807, 2.05) is 6.20 Å². The third-order valence-electron chi connectivity index (χ3n) is 4.05. The smallest absolute Gasteiger partial charge is 0.0634 e. The maximum absolute atomic E-state index is 4.16. The molecule has 2 aliphatic carbocycles. The first kappa shape index (κ1) is 9.52. The summed E-state index contributed by atoms with van der Waals surface area (Å²) in [7, 11) is 3.83. The van der Waals surface area contributed by atoms with Crippen LogP contribution in [0.4, 0.5) is 0 Å². The molecule has 0 aliphatic heterocycles. The van der Waals surface area contributed by atoms with Crippen LogP contribution in [0.1, 0.15) is 29.7 Å². The van der Waals surface area contributed by atoms with E-state index in [2.05, 4.69) is 27.4 Å². The molecule has 1 fully saturated rings. The van der Waals surface area contributed by atoms with Crippen molar-refractivity contribution in [3.8, 4) is 0 Å². The van der Waals surface area contributed by atoms with E-state index in [1.165, 1.54) is 36.8 Å². The molecule has 3 heteroatoms. The van der Waals surface area contributed by atoms with Gasteiger partial charge in [0.25, 0.3) is 0 Å². The summed E-state index contributed by atoms with van der Waals surface area (Å²) >= 11 is 0. The maximum Gasteiger partial charge on any atom is 0.0634 e. The molecule has 0 aromatic carbocycles. The molecule has 0 saturated heterocycles. The fourth-order valence-corrected chi connectivity index (χ4v) is 3.69. The molecule has 3 unspecified atom stereocenters. The van der Waals surface area contributed by atoms with E-state index in [1.54, 1.807) is 0 Å². The fourth-order valence-electron chi connectivity index (χ4n) is 2.98. The number of rotatable bonds is 0. The van der Waals surface area contributed by atoms with E-state index in [0.29, 0.717) is 0 Å². The molecule has 3 atom stereocenters. The second kappa shape index (κ2) is 3.41. The van der Waals surface area contributed by atoms with Crippen LogP contribution in [0.15, 0.2) is 6.20 Å². The number of fused-ring (bicyclic) bond motifs is 2. The van der Waals surface area contributed by atoms with Gasteiger partial charge in [-0.1, -0.05) is 0 Å². The van der Waals surface area contributed by atoms with Crippen LogP contribution in [0.25, 0.3) is 0 Å². The zero-order valence-corrected chi connectivity index (χ0v) is 10.0. The van der Waals surface area contributed by atoms with Gasteiger partial charge in [0.2, 0.25) is 0 Å². The molecule has 0 spiro atoms. The van der Waals surface area contributed by atoms with Crippen LogP contribution < -0.4 is 0 Å². The van der Waals surface area contributed by atoms with Crippen molar-refractivity contribution in [2.45, 2.75) is 38.1 Å². The molecule has 2 aliphatic rings. The highest BCUT2D eigenvalue weighted by molar-refractivity contribution is 6.14. The minimum Gasteiger partial charge on any atom is -0.159 e. The van der Waals surface area contributed by atoms with E-state index in [-0.39, 0.29) is 0 Å². The lowest BCUT2D eigenvalue weighted by atomic mass is 9.94. The predicted octanol–water partition coefficient (Wildman–Crippen LogP) is 1.87. The second-order valence-corrected chi connectivity index (χ2v) is 5.53. The van der Waals surface area contributed by atoms with E-state index in [0.717, 1.165) is 23.1 Å². The Morgan fingerprint density at radius 3 is 2.80 bits per heavy atom. The molecule has 0 bridgehead atoms. The van der Waals surface area contributed by atoms with Crippen LogP contribution in [-0.2, 0) is 12.8 Å². The van der Waals surface area contributed by atoms with Gasteiger partial charge in [0.15, 0.2) is 0 Å². The third kappa shape index (κ3) is 1.53. The first-order valence-electron chi connectivity index (χ1n) is 5.78. The lowest BCUT2D eigenvalue weighted by molar-refractivity contribution is 0.581. The van der Waals surface area contributed by atoms with E-state index in [9.17, 15) is 0 Å². The minimum absolute atomic E-state index is 0.778. The van der Waals surface area contributed by atoms with Gasteiger partial charge in [0.05, 0.1) is 11.9 Å². The van der Waals surface area contributed by atoms with Gasteiger partial charge < -0.3 is 0 Å². The van der Waals surface area contributed by atoms with Crippen molar-refractivity contribution < 1.29 is 0 Å². The summed E-state index contributed by atoms with van der Waals surface area (Å²) in [5, 5.41) is 8.23.